The van der Waals surface area contributed by atoms with Gasteiger partial charge >= 0.3 is 6.03 Å². The molecular weight excluding hydrogens is 267 g/mol. The maximum Gasteiger partial charge on any atom is 0.319 e. The number of amides is 2. The van der Waals surface area contributed by atoms with Crippen molar-refractivity contribution in [3.8, 4) is 0 Å². The van der Waals surface area contributed by atoms with Crippen LogP contribution in [0.1, 0.15) is 23.6 Å². The maximum atomic E-state index is 13.5. The molecule has 0 bridgehead atoms. The van der Waals surface area contributed by atoms with Gasteiger partial charge in [0.05, 0.1) is 0 Å². The number of carbonyl (C=O) groups excluding carboxylic acids is 1. The Hall–Kier alpha value is -2.36. The number of benzene rings is 2. The molecule has 110 valence electrons. The van der Waals surface area contributed by atoms with Gasteiger partial charge < -0.3 is 10.6 Å². The number of carbonyl (C=O) groups is 1. The van der Waals surface area contributed by atoms with Gasteiger partial charge in [-0.05, 0) is 30.5 Å². The molecule has 0 heterocycles. The Morgan fingerprint density at radius 2 is 1.81 bits per heavy atom. The average molecular weight is 286 g/mol. The molecule has 0 unspecified atom stereocenters. The van der Waals surface area contributed by atoms with Crippen LogP contribution in [0.4, 0.5) is 14.9 Å². The summed E-state index contributed by atoms with van der Waals surface area (Å²) in [4.78, 5) is 12.0. The first-order chi connectivity index (χ1) is 10.1. The molecule has 0 radical (unpaired) electrons. The molecule has 0 atom stereocenters. The summed E-state index contributed by atoms with van der Waals surface area (Å²) in [5.74, 6) is -0.317. The molecule has 2 aromatic carbocycles. The van der Waals surface area contributed by atoms with E-state index in [-0.39, 0.29) is 18.4 Å². The van der Waals surface area contributed by atoms with E-state index in [4.69, 9.17) is 0 Å². The van der Waals surface area contributed by atoms with Gasteiger partial charge in [0, 0.05) is 17.8 Å². The quantitative estimate of drug-likeness (QED) is 0.875. The number of urea groups is 1. The van der Waals surface area contributed by atoms with E-state index in [9.17, 15) is 9.18 Å². The van der Waals surface area contributed by atoms with Crippen molar-refractivity contribution in [2.75, 3.05) is 5.32 Å². The molecule has 2 N–H and O–H groups in total. The van der Waals surface area contributed by atoms with Crippen LogP contribution in [0.2, 0.25) is 0 Å². The van der Waals surface area contributed by atoms with Crippen molar-refractivity contribution in [3.63, 3.8) is 0 Å². The second-order valence-electron chi connectivity index (χ2n) is 4.86. The molecule has 2 amide bonds. The normalized spacial score (nSPS) is 10.2. The SMILES string of the molecule is CCc1cccc(C)c1NC(=O)NCc1ccccc1F. The molecule has 0 aromatic heterocycles. The third kappa shape index (κ3) is 3.81. The molecule has 3 nitrogen and oxygen atoms in total. The summed E-state index contributed by atoms with van der Waals surface area (Å²) in [5, 5.41) is 5.52. The lowest BCUT2D eigenvalue weighted by Crippen LogP contribution is -2.29. The van der Waals surface area contributed by atoms with Gasteiger partial charge in [0.15, 0.2) is 0 Å². The Morgan fingerprint density at radius 3 is 2.52 bits per heavy atom. The van der Waals surface area contributed by atoms with Crippen LogP contribution in [-0.2, 0) is 13.0 Å². The smallest absolute Gasteiger partial charge is 0.319 e. The van der Waals surface area contributed by atoms with Crippen molar-refractivity contribution in [1.82, 2.24) is 5.32 Å². The highest BCUT2D eigenvalue weighted by atomic mass is 19.1. The third-order valence-corrected chi connectivity index (χ3v) is 3.38. The molecule has 21 heavy (non-hydrogen) atoms. The number of aryl methyl sites for hydroxylation is 2. The van der Waals surface area contributed by atoms with Crippen LogP contribution in [0.5, 0.6) is 0 Å². The Kier molecular flexibility index (Phi) is 4.93. The highest BCUT2D eigenvalue weighted by Gasteiger charge is 2.09. The van der Waals surface area contributed by atoms with Crippen molar-refractivity contribution >= 4 is 11.7 Å². The molecule has 2 aromatic rings. The number of anilines is 1. The Balaban J connectivity index is 2.01. The van der Waals surface area contributed by atoms with Gasteiger partial charge in [-0.2, -0.15) is 0 Å². The number of rotatable bonds is 4. The van der Waals surface area contributed by atoms with Gasteiger partial charge in [-0.1, -0.05) is 43.3 Å². The summed E-state index contributed by atoms with van der Waals surface area (Å²) >= 11 is 0. The first kappa shape index (κ1) is 15.0. The Morgan fingerprint density at radius 1 is 1.10 bits per heavy atom. The molecular formula is C17H19FN2O. The van der Waals surface area contributed by atoms with Gasteiger partial charge in [-0.15, -0.1) is 0 Å². The van der Waals surface area contributed by atoms with E-state index < -0.39 is 0 Å². The Labute approximate surface area is 124 Å². The number of hydrogen-bond acceptors (Lipinski definition) is 1. The Bertz CT molecular complexity index is 640. The van der Waals surface area contributed by atoms with Crippen molar-refractivity contribution in [2.45, 2.75) is 26.8 Å². The largest absolute Gasteiger partial charge is 0.334 e. The fourth-order valence-corrected chi connectivity index (χ4v) is 2.18. The topological polar surface area (TPSA) is 41.1 Å². The minimum atomic E-state index is -0.331. The van der Waals surface area contributed by atoms with Crippen molar-refractivity contribution in [3.05, 3.63) is 65.0 Å². The first-order valence-electron chi connectivity index (χ1n) is 6.98. The summed E-state index contributed by atoms with van der Waals surface area (Å²) < 4.78 is 13.5. The third-order valence-electron chi connectivity index (χ3n) is 3.38. The lowest BCUT2D eigenvalue weighted by Gasteiger charge is -2.14. The number of para-hydroxylation sites is 1. The summed E-state index contributed by atoms with van der Waals surface area (Å²) in [7, 11) is 0. The standard InChI is InChI=1S/C17H19FN2O/c1-3-13-9-6-7-12(2)16(13)20-17(21)19-11-14-8-4-5-10-15(14)18/h4-10H,3,11H2,1-2H3,(H2,19,20,21). The van der Waals surface area contributed by atoms with Gasteiger partial charge in [0.25, 0.3) is 0 Å². The minimum absolute atomic E-state index is 0.159. The van der Waals surface area contributed by atoms with Gasteiger partial charge in [0.1, 0.15) is 5.82 Å². The van der Waals surface area contributed by atoms with Gasteiger partial charge in [-0.25, -0.2) is 9.18 Å². The monoisotopic (exact) mass is 286 g/mol. The molecule has 2 rings (SSSR count). The number of nitrogens with one attached hydrogen (secondary N) is 2. The van der Waals surface area contributed by atoms with Crippen LogP contribution in [0.25, 0.3) is 0 Å². The zero-order chi connectivity index (χ0) is 15.2. The molecule has 0 aliphatic heterocycles. The lowest BCUT2D eigenvalue weighted by molar-refractivity contribution is 0.251. The average Bonchev–Trinajstić information content (AvgIpc) is 2.48. The summed E-state index contributed by atoms with van der Waals surface area (Å²) in [6.45, 7) is 4.15. The number of hydrogen-bond donors (Lipinski definition) is 2. The van der Waals surface area contributed by atoms with Crippen LogP contribution in [0.15, 0.2) is 42.5 Å². The van der Waals surface area contributed by atoms with Gasteiger partial charge in [0.2, 0.25) is 0 Å². The van der Waals surface area contributed by atoms with E-state index >= 15 is 0 Å². The van der Waals surface area contributed by atoms with Crippen molar-refractivity contribution in [1.29, 1.82) is 0 Å². The van der Waals surface area contributed by atoms with Crippen LogP contribution in [0, 0.1) is 12.7 Å². The predicted octanol–water partition coefficient (Wildman–Crippen LogP) is 4.02. The van der Waals surface area contributed by atoms with E-state index in [1.165, 1.54) is 6.07 Å². The molecule has 0 fully saturated rings. The fraction of sp³-hybridized carbons (Fsp3) is 0.235. The van der Waals surface area contributed by atoms with Crippen molar-refractivity contribution in [2.24, 2.45) is 0 Å². The lowest BCUT2D eigenvalue weighted by atomic mass is 10.1. The molecule has 0 aliphatic carbocycles. The molecule has 0 aliphatic rings. The second-order valence-corrected chi connectivity index (χ2v) is 4.86. The second kappa shape index (κ2) is 6.88. The van der Waals surface area contributed by atoms with E-state index in [1.807, 2.05) is 32.0 Å². The minimum Gasteiger partial charge on any atom is -0.334 e. The number of halogens is 1. The summed E-state index contributed by atoms with van der Waals surface area (Å²) in [6.07, 6.45) is 0.838. The maximum absolute atomic E-state index is 13.5. The van der Waals surface area contributed by atoms with Gasteiger partial charge in [-0.3, -0.25) is 0 Å². The highest BCUT2D eigenvalue weighted by Crippen LogP contribution is 2.20. The van der Waals surface area contributed by atoms with E-state index in [0.717, 1.165) is 23.2 Å². The zero-order valence-electron chi connectivity index (χ0n) is 12.2. The molecule has 0 saturated carbocycles. The first-order valence-corrected chi connectivity index (χ1v) is 6.98. The predicted molar refractivity (Wildman–Crippen MR) is 82.8 cm³/mol. The van der Waals surface area contributed by atoms with E-state index in [1.54, 1.807) is 18.2 Å². The molecule has 0 saturated heterocycles. The highest BCUT2D eigenvalue weighted by molar-refractivity contribution is 5.91. The summed E-state index contributed by atoms with van der Waals surface area (Å²) in [5.41, 5.74) is 3.38. The van der Waals surface area contributed by atoms with Crippen LogP contribution < -0.4 is 10.6 Å². The van der Waals surface area contributed by atoms with Crippen LogP contribution >= 0.6 is 0 Å². The fourth-order valence-electron chi connectivity index (χ4n) is 2.18. The van der Waals surface area contributed by atoms with E-state index in [2.05, 4.69) is 10.6 Å². The molecule has 4 heteroatoms. The molecule has 0 spiro atoms. The van der Waals surface area contributed by atoms with Crippen molar-refractivity contribution < 1.29 is 9.18 Å². The zero-order valence-corrected chi connectivity index (χ0v) is 12.2. The summed E-state index contributed by atoms with van der Waals surface area (Å²) in [6, 6.07) is 12.0. The van der Waals surface area contributed by atoms with E-state index in [0.29, 0.717) is 5.56 Å². The van der Waals surface area contributed by atoms with Crippen LogP contribution in [-0.4, -0.2) is 6.03 Å². The van der Waals surface area contributed by atoms with Crippen LogP contribution in [0.3, 0.4) is 0 Å².